The second-order valence-corrected chi connectivity index (χ2v) is 7.48. The molecule has 0 fully saturated rings. The van der Waals surface area contributed by atoms with E-state index < -0.39 is 5.97 Å². The molecule has 0 radical (unpaired) electrons. The first-order valence-corrected chi connectivity index (χ1v) is 9.60. The van der Waals surface area contributed by atoms with Crippen LogP contribution in [0.1, 0.15) is 22.5 Å². The first-order valence-electron chi connectivity index (χ1n) is 8.05. The van der Waals surface area contributed by atoms with Gasteiger partial charge in [0.2, 0.25) is 5.91 Å². The molecule has 2 heterocycles. The fourth-order valence-electron chi connectivity index (χ4n) is 2.48. The van der Waals surface area contributed by atoms with Gasteiger partial charge in [0.1, 0.15) is 5.69 Å². The molecule has 1 aromatic carbocycles. The minimum atomic E-state index is -1.10. The number of carboxylic acids is 1. The molecule has 2 aromatic heterocycles. The van der Waals surface area contributed by atoms with Crippen LogP contribution in [0.5, 0.6) is 0 Å². The summed E-state index contributed by atoms with van der Waals surface area (Å²) in [7, 11) is 0. The Bertz CT molecular complexity index is 1030. The highest BCUT2D eigenvalue weighted by molar-refractivity contribution is 9.10. The maximum atomic E-state index is 12.2. The zero-order valence-corrected chi connectivity index (χ0v) is 17.4. The molecular formula is C17H14BrCl2N5O3. The van der Waals surface area contributed by atoms with E-state index in [1.54, 1.807) is 23.0 Å². The number of hydrogen-bond acceptors (Lipinski definition) is 4. The van der Waals surface area contributed by atoms with Gasteiger partial charge in [0.05, 0.1) is 27.6 Å². The molecule has 2 N–H and O–H groups in total. The van der Waals surface area contributed by atoms with E-state index in [0.29, 0.717) is 26.9 Å². The number of carbonyl (C=O) groups excluding carboxylic acids is 1. The average molecular weight is 487 g/mol. The predicted molar refractivity (Wildman–Crippen MR) is 108 cm³/mol. The molecule has 146 valence electrons. The zero-order chi connectivity index (χ0) is 20.3. The molecule has 11 heteroatoms. The quantitative estimate of drug-likeness (QED) is 0.526. The molecule has 0 unspecified atom stereocenters. The molecule has 0 saturated carbocycles. The van der Waals surface area contributed by atoms with Gasteiger partial charge >= 0.3 is 5.97 Å². The summed E-state index contributed by atoms with van der Waals surface area (Å²) in [5.74, 6) is -1.04. The van der Waals surface area contributed by atoms with Crippen molar-refractivity contribution in [3.63, 3.8) is 0 Å². The molecule has 0 spiro atoms. The number of nitrogens with one attached hydrogen (secondary N) is 1. The van der Waals surface area contributed by atoms with Crippen LogP contribution >= 0.6 is 39.1 Å². The summed E-state index contributed by atoms with van der Waals surface area (Å²) >= 11 is 15.3. The minimum absolute atomic E-state index is 0.0277. The van der Waals surface area contributed by atoms with E-state index in [9.17, 15) is 9.59 Å². The van der Waals surface area contributed by atoms with Crippen molar-refractivity contribution in [3.05, 3.63) is 62.4 Å². The number of carbonyl (C=O) groups is 2. The highest BCUT2D eigenvalue weighted by Gasteiger charge is 2.14. The maximum Gasteiger partial charge on any atom is 0.354 e. The van der Waals surface area contributed by atoms with E-state index in [1.807, 2.05) is 6.07 Å². The smallest absolute Gasteiger partial charge is 0.354 e. The van der Waals surface area contributed by atoms with Crippen LogP contribution < -0.4 is 5.32 Å². The Morgan fingerprint density at radius 2 is 2.00 bits per heavy atom. The molecule has 8 nitrogen and oxygen atoms in total. The Morgan fingerprint density at radius 1 is 1.21 bits per heavy atom. The van der Waals surface area contributed by atoms with Crippen molar-refractivity contribution in [2.75, 3.05) is 5.32 Å². The van der Waals surface area contributed by atoms with Gasteiger partial charge in [-0.3, -0.25) is 14.2 Å². The number of amides is 1. The summed E-state index contributed by atoms with van der Waals surface area (Å²) in [5.41, 5.74) is 0.932. The molecule has 3 aromatic rings. The van der Waals surface area contributed by atoms with Crippen LogP contribution in [0.4, 0.5) is 5.82 Å². The van der Waals surface area contributed by atoms with Crippen molar-refractivity contribution in [1.82, 2.24) is 19.6 Å². The van der Waals surface area contributed by atoms with Crippen molar-refractivity contribution >= 4 is 56.8 Å². The van der Waals surface area contributed by atoms with Crippen molar-refractivity contribution in [2.24, 2.45) is 0 Å². The van der Waals surface area contributed by atoms with E-state index in [4.69, 9.17) is 28.3 Å². The summed E-state index contributed by atoms with van der Waals surface area (Å²) in [6.45, 7) is 0.586. The Labute approximate surface area is 178 Å². The molecule has 0 aliphatic heterocycles. The van der Waals surface area contributed by atoms with Gasteiger partial charge in [-0.2, -0.15) is 10.2 Å². The van der Waals surface area contributed by atoms with E-state index in [2.05, 4.69) is 31.4 Å². The third-order valence-electron chi connectivity index (χ3n) is 3.79. The van der Waals surface area contributed by atoms with E-state index in [1.165, 1.54) is 16.9 Å². The van der Waals surface area contributed by atoms with Gasteiger partial charge < -0.3 is 10.4 Å². The fraction of sp³-hybridized carbons (Fsp3) is 0.176. The summed E-state index contributed by atoms with van der Waals surface area (Å²) in [5, 5.41) is 20.9. The van der Waals surface area contributed by atoms with Gasteiger partial charge in [-0.15, -0.1) is 0 Å². The Hall–Kier alpha value is -2.36. The summed E-state index contributed by atoms with van der Waals surface area (Å²) in [6.07, 6.45) is 3.16. The highest BCUT2D eigenvalue weighted by atomic mass is 79.9. The number of hydrogen-bond donors (Lipinski definition) is 2. The molecule has 0 bridgehead atoms. The number of carboxylic acid groups (broad SMARTS) is 1. The number of halogens is 3. The summed E-state index contributed by atoms with van der Waals surface area (Å²) in [6, 6.07) is 6.68. The van der Waals surface area contributed by atoms with E-state index >= 15 is 0 Å². The summed E-state index contributed by atoms with van der Waals surface area (Å²) in [4.78, 5) is 23.2. The van der Waals surface area contributed by atoms with Gasteiger partial charge in [-0.25, -0.2) is 4.79 Å². The van der Waals surface area contributed by atoms with Crippen LogP contribution in [0.2, 0.25) is 10.0 Å². The van der Waals surface area contributed by atoms with Crippen LogP contribution in [0.15, 0.2) is 41.1 Å². The SMILES string of the molecule is O=C(CCn1nccc1C(=O)O)Nc1nn(Cc2ccc(Cl)c(Cl)c2)cc1Br. The second-order valence-electron chi connectivity index (χ2n) is 5.81. The number of nitrogens with zero attached hydrogens (tertiary/aromatic N) is 4. The standard InChI is InChI=1S/C17H14BrCl2N5O3/c18-11-9-24(8-10-1-2-12(19)13(20)7-10)23-16(11)22-15(26)4-6-25-14(17(27)28)3-5-21-25/h1-3,5,7,9H,4,6,8H2,(H,27,28)(H,22,23,26). The lowest BCUT2D eigenvalue weighted by molar-refractivity contribution is -0.116. The number of benzene rings is 1. The van der Waals surface area contributed by atoms with Crippen LogP contribution in [0.3, 0.4) is 0 Å². The molecule has 1 amide bonds. The topological polar surface area (TPSA) is 102 Å². The number of anilines is 1. The van der Waals surface area contributed by atoms with Crippen molar-refractivity contribution < 1.29 is 14.7 Å². The van der Waals surface area contributed by atoms with Crippen LogP contribution in [0.25, 0.3) is 0 Å². The van der Waals surface area contributed by atoms with Crippen molar-refractivity contribution in [3.8, 4) is 0 Å². The minimum Gasteiger partial charge on any atom is -0.477 e. The zero-order valence-electron chi connectivity index (χ0n) is 14.3. The lowest BCUT2D eigenvalue weighted by Gasteiger charge is -2.06. The van der Waals surface area contributed by atoms with Crippen molar-refractivity contribution in [1.29, 1.82) is 0 Å². The van der Waals surface area contributed by atoms with Crippen LogP contribution in [-0.2, 0) is 17.9 Å². The van der Waals surface area contributed by atoms with Gasteiger partial charge in [-0.1, -0.05) is 29.3 Å². The monoisotopic (exact) mass is 485 g/mol. The molecule has 0 aliphatic carbocycles. The van der Waals surface area contributed by atoms with E-state index in [-0.39, 0.29) is 24.6 Å². The first-order chi connectivity index (χ1) is 13.3. The normalized spacial score (nSPS) is 10.8. The third kappa shape index (κ3) is 4.92. The Balaban J connectivity index is 1.61. The molecule has 28 heavy (non-hydrogen) atoms. The number of rotatable bonds is 7. The molecule has 0 saturated heterocycles. The largest absolute Gasteiger partial charge is 0.477 e. The van der Waals surface area contributed by atoms with Gasteiger partial charge in [0.15, 0.2) is 5.82 Å². The maximum absolute atomic E-state index is 12.2. The van der Waals surface area contributed by atoms with E-state index in [0.717, 1.165) is 5.56 Å². The van der Waals surface area contributed by atoms with Crippen LogP contribution in [0, 0.1) is 0 Å². The first kappa shape index (κ1) is 20.4. The molecule has 0 aliphatic rings. The number of aryl methyl sites for hydroxylation is 1. The molecule has 3 rings (SSSR count). The van der Waals surface area contributed by atoms with Crippen molar-refractivity contribution in [2.45, 2.75) is 19.5 Å². The Morgan fingerprint density at radius 3 is 2.71 bits per heavy atom. The molecular weight excluding hydrogens is 473 g/mol. The lowest BCUT2D eigenvalue weighted by atomic mass is 10.2. The van der Waals surface area contributed by atoms with Gasteiger partial charge in [-0.05, 0) is 39.7 Å². The number of aromatic carboxylic acids is 1. The lowest BCUT2D eigenvalue weighted by Crippen LogP contribution is -2.18. The second kappa shape index (κ2) is 8.76. The van der Waals surface area contributed by atoms with Crippen LogP contribution in [-0.4, -0.2) is 36.5 Å². The Kier molecular flexibility index (Phi) is 6.38. The fourth-order valence-corrected chi connectivity index (χ4v) is 3.22. The average Bonchev–Trinajstić information content (AvgIpc) is 3.23. The van der Waals surface area contributed by atoms with Gasteiger partial charge in [0.25, 0.3) is 0 Å². The molecule has 0 atom stereocenters. The highest BCUT2D eigenvalue weighted by Crippen LogP contribution is 2.24. The number of aromatic nitrogens is 4. The summed E-state index contributed by atoms with van der Waals surface area (Å²) < 4.78 is 3.53. The third-order valence-corrected chi connectivity index (χ3v) is 5.11. The predicted octanol–water partition coefficient (Wildman–Crippen LogP) is 3.92. The van der Waals surface area contributed by atoms with Gasteiger partial charge in [0, 0.05) is 18.8 Å².